The first-order valence-corrected chi connectivity index (χ1v) is 10.7. The number of amides is 1. The number of rotatable bonds is 6. The minimum atomic E-state index is -0.514. The van der Waals surface area contributed by atoms with Crippen molar-refractivity contribution in [2.75, 3.05) is 5.32 Å². The van der Waals surface area contributed by atoms with Crippen LogP contribution >= 0.6 is 34.2 Å². The van der Waals surface area contributed by atoms with Crippen molar-refractivity contribution in [1.29, 1.82) is 5.26 Å². The summed E-state index contributed by atoms with van der Waals surface area (Å²) < 4.78 is 19.6. The van der Waals surface area contributed by atoms with E-state index in [1.165, 1.54) is 18.2 Å². The monoisotopic (exact) mass is 546 g/mol. The smallest absolute Gasteiger partial charge is 0.266 e. The Bertz CT molecular complexity index is 1190. The zero-order valence-electron chi connectivity index (χ0n) is 16.5. The number of halogens is 3. The van der Waals surface area contributed by atoms with Gasteiger partial charge in [0.05, 0.1) is 3.57 Å². The lowest BCUT2D eigenvalue weighted by atomic mass is 10.1. The number of hydrogen-bond donors (Lipinski definition) is 1. The molecule has 0 heterocycles. The van der Waals surface area contributed by atoms with Crippen LogP contribution in [-0.4, -0.2) is 5.91 Å². The Morgan fingerprint density at radius 1 is 1.23 bits per heavy atom. The van der Waals surface area contributed by atoms with Gasteiger partial charge in [0.15, 0.2) is 0 Å². The third kappa shape index (κ3) is 6.06. The molecule has 3 aromatic rings. The molecule has 7 heteroatoms. The molecule has 4 nitrogen and oxygen atoms in total. The highest BCUT2D eigenvalue weighted by Gasteiger charge is 2.12. The minimum absolute atomic E-state index is 0.0323. The maximum Gasteiger partial charge on any atom is 0.266 e. The van der Waals surface area contributed by atoms with Crippen LogP contribution in [0.15, 0.2) is 66.2 Å². The summed E-state index contributed by atoms with van der Waals surface area (Å²) in [5.41, 5.74) is 2.79. The SMILES string of the molecule is Cc1c(Cl)cccc1NC(=O)/C(C#N)=C\c1ccc(OCc2ccc(F)cc2)c(I)c1. The minimum Gasteiger partial charge on any atom is -0.488 e. The van der Waals surface area contributed by atoms with Gasteiger partial charge in [0.2, 0.25) is 0 Å². The predicted octanol–water partition coefficient (Wildman–Crippen LogP) is 6.52. The van der Waals surface area contributed by atoms with E-state index in [-0.39, 0.29) is 11.4 Å². The van der Waals surface area contributed by atoms with Gasteiger partial charge in [-0.05, 0) is 88.7 Å². The number of hydrogen-bond acceptors (Lipinski definition) is 3. The van der Waals surface area contributed by atoms with Crippen molar-refractivity contribution < 1.29 is 13.9 Å². The molecule has 31 heavy (non-hydrogen) atoms. The van der Waals surface area contributed by atoms with E-state index in [2.05, 4.69) is 27.9 Å². The van der Waals surface area contributed by atoms with E-state index in [1.54, 1.807) is 49.4 Å². The van der Waals surface area contributed by atoms with Gasteiger partial charge >= 0.3 is 0 Å². The van der Waals surface area contributed by atoms with Crippen molar-refractivity contribution in [3.05, 3.63) is 97.3 Å². The number of nitrogens with zero attached hydrogens (tertiary/aromatic N) is 1. The zero-order chi connectivity index (χ0) is 22.4. The van der Waals surface area contributed by atoms with Crippen LogP contribution in [0.1, 0.15) is 16.7 Å². The van der Waals surface area contributed by atoms with Crippen molar-refractivity contribution in [3.63, 3.8) is 0 Å². The standard InChI is InChI=1S/C24H17ClFIN2O2/c1-15-20(25)3-2-4-22(15)29-24(30)18(13-28)11-17-7-10-23(21(27)12-17)31-14-16-5-8-19(26)9-6-16/h2-12H,14H2,1H3,(H,29,30)/b18-11-. The zero-order valence-corrected chi connectivity index (χ0v) is 19.4. The summed E-state index contributed by atoms with van der Waals surface area (Å²) in [6, 6.07) is 18.6. The molecule has 0 aliphatic rings. The molecule has 1 N–H and O–H groups in total. The van der Waals surface area contributed by atoms with Crippen molar-refractivity contribution in [2.45, 2.75) is 13.5 Å². The van der Waals surface area contributed by atoms with E-state index in [0.717, 1.165) is 14.7 Å². The fraction of sp³-hybridized carbons (Fsp3) is 0.0833. The number of ether oxygens (including phenoxy) is 1. The predicted molar refractivity (Wildman–Crippen MR) is 128 cm³/mol. The molecule has 156 valence electrons. The van der Waals surface area contributed by atoms with E-state index in [4.69, 9.17) is 16.3 Å². The summed E-state index contributed by atoms with van der Waals surface area (Å²) in [4.78, 5) is 12.5. The number of carbonyl (C=O) groups is 1. The van der Waals surface area contributed by atoms with Gasteiger partial charge in [-0.15, -0.1) is 0 Å². The molecule has 0 aliphatic carbocycles. The Hall–Kier alpha value is -2.89. The van der Waals surface area contributed by atoms with E-state index in [0.29, 0.717) is 28.6 Å². The summed E-state index contributed by atoms with van der Waals surface area (Å²) in [7, 11) is 0. The van der Waals surface area contributed by atoms with Crippen LogP contribution in [0.3, 0.4) is 0 Å². The maximum atomic E-state index is 13.0. The van der Waals surface area contributed by atoms with Gasteiger partial charge in [0.25, 0.3) is 5.91 Å². The van der Waals surface area contributed by atoms with Crippen LogP contribution in [0.5, 0.6) is 5.75 Å². The molecule has 0 unspecified atom stereocenters. The maximum absolute atomic E-state index is 13.0. The number of carbonyl (C=O) groups excluding carboxylic acids is 1. The van der Waals surface area contributed by atoms with Crippen LogP contribution in [0, 0.1) is 27.6 Å². The van der Waals surface area contributed by atoms with Crippen LogP contribution in [0.2, 0.25) is 5.02 Å². The van der Waals surface area contributed by atoms with Gasteiger partial charge in [-0.1, -0.05) is 35.9 Å². The van der Waals surface area contributed by atoms with E-state index >= 15 is 0 Å². The van der Waals surface area contributed by atoms with Gasteiger partial charge in [0, 0.05) is 10.7 Å². The highest BCUT2D eigenvalue weighted by atomic mass is 127. The van der Waals surface area contributed by atoms with Gasteiger partial charge in [0.1, 0.15) is 29.8 Å². The molecule has 0 atom stereocenters. The first-order valence-electron chi connectivity index (χ1n) is 9.22. The molecule has 0 aliphatic heterocycles. The Labute approximate surface area is 198 Å². The molecule has 0 spiro atoms. The highest BCUT2D eigenvalue weighted by molar-refractivity contribution is 14.1. The molecule has 0 bridgehead atoms. The Morgan fingerprint density at radius 2 is 1.97 bits per heavy atom. The largest absolute Gasteiger partial charge is 0.488 e. The topological polar surface area (TPSA) is 62.1 Å². The van der Waals surface area contributed by atoms with Gasteiger partial charge in [-0.2, -0.15) is 5.26 Å². The molecule has 0 fully saturated rings. The Kier molecular flexibility index (Phi) is 7.66. The third-order valence-electron chi connectivity index (χ3n) is 4.46. The van der Waals surface area contributed by atoms with E-state index in [1.807, 2.05) is 12.1 Å². The van der Waals surface area contributed by atoms with Crippen molar-refractivity contribution in [1.82, 2.24) is 0 Å². The third-order valence-corrected chi connectivity index (χ3v) is 5.71. The van der Waals surface area contributed by atoms with Crippen molar-refractivity contribution >= 4 is 51.9 Å². The second kappa shape index (κ2) is 10.4. The lowest BCUT2D eigenvalue weighted by molar-refractivity contribution is -0.112. The van der Waals surface area contributed by atoms with Gasteiger partial charge < -0.3 is 10.1 Å². The summed E-state index contributed by atoms with van der Waals surface area (Å²) >= 11 is 8.21. The summed E-state index contributed by atoms with van der Waals surface area (Å²) in [5.74, 6) is -0.156. The van der Waals surface area contributed by atoms with E-state index < -0.39 is 5.91 Å². The second-order valence-electron chi connectivity index (χ2n) is 6.64. The molecular weight excluding hydrogens is 530 g/mol. The van der Waals surface area contributed by atoms with Crippen LogP contribution in [-0.2, 0) is 11.4 Å². The summed E-state index contributed by atoms with van der Waals surface area (Å²) in [6.45, 7) is 2.09. The molecule has 3 rings (SSSR count). The fourth-order valence-corrected chi connectivity index (χ4v) is 3.58. The molecule has 0 saturated heterocycles. The lowest BCUT2D eigenvalue weighted by Crippen LogP contribution is -2.14. The average molecular weight is 547 g/mol. The molecule has 3 aromatic carbocycles. The number of nitriles is 1. The second-order valence-corrected chi connectivity index (χ2v) is 8.21. The number of nitrogens with one attached hydrogen (secondary N) is 1. The Morgan fingerprint density at radius 3 is 2.65 bits per heavy atom. The molecule has 0 radical (unpaired) electrons. The fourth-order valence-electron chi connectivity index (χ4n) is 2.71. The van der Waals surface area contributed by atoms with Crippen LogP contribution < -0.4 is 10.1 Å². The van der Waals surface area contributed by atoms with Gasteiger partial charge in [-0.25, -0.2) is 4.39 Å². The molecule has 0 saturated carbocycles. The summed E-state index contributed by atoms with van der Waals surface area (Å²) in [6.07, 6.45) is 1.52. The quantitative estimate of drug-likeness (QED) is 0.218. The van der Waals surface area contributed by atoms with Crippen molar-refractivity contribution in [3.8, 4) is 11.8 Å². The van der Waals surface area contributed by atoms with Crippen LogP contribution in [0.4, 0.5) is 10.1 Å². The van der Waals surface area contributed by atoms with Crippen molar-refractivity contribution in [2.24, 2.45) is 0 Å². The van der Waals surface area contributed by atoms with Gasteiger partial charge in [-0.3, -0.25) is 4.79 Å². The first kappa shape index (κ1) is 22.8. The molecule has 0 aromatic heterocycles. The normalized spacial score (nSPS) is 11.0. The number of benzene rings is 3. The molecule has 1 amide bonds. The molecular formula is C24H17ClFIN2O2. The Balaban J connectivity index is 1.72. The highest BCUT2D eigenvalue weighted by Crippen LogP contribution is 2.26. The van der Waals surface area contributed by atoms with Crippen LogP contribution in [0.25, 0.3) is 6.08 Å². The first-order chi connectivity index (χ1) is 14.9. The number of anilines is 1. The average Bonchev–Trinajstić information content (AvgIpc) is 2.75. The summed E-state index contributed by atoms with van der Waals surface area (Å²) in [5, 5.41) is 12.7. The lowest BCUT2D eigenvalue weighted by Gasteiger charge is -2.10. The van der Waals surface area contributed by atoms with E-state index in [9.17, 15) is 14.4 Å².